The molecular weight excluding hydrogens is 142 g/mol. The lowest BCUT2D eigenvalue weighted by Gasteiger charge is -2.65. The standard InChI is InChI=1S/C8H15NO2/c9-8(5-10)4-6(11)7(8)2-1-3-7/h6,10-11H,1-5,9H2. The zero-order valence-corrected chi connectivity index (χ0v) is 6.58. The van der Waals surface area contributed by atoms with Crippen LogP contribution in [0.1, 0.15) is 25.7 Å². The van der Waals surface area contributed by atoms with Gasteiger partial charge in [0.05, 0.1) is 12.7 Å². The number of aliphatic hydroxyl groups is 2. The number of nitrogens with two attached hydrogens (primary N) is 1. The summed E-state index contributed by atoms with van der Waals surface area (Å²) in [5.74, 6) is 0. The second-order valence-electron chi connectivity index (χ2n) is 4.04. The molecule has 64 valence electrons. The topological polar surface area (TPSA) is 66.5 Å². The molecule has 2 saturated carbocycles. The van der Waals surface area contributed by atoms with Crippen molar-refractivity contribution in [1.82, 2.24) is 0 Å². The third-order valence-corrected chi connectivity index (χ3v) is 3.71. The van der Waals surface area contributed by atoms with Gasteiger partial charge in [-0.2, -0.15) is 0 Å². The molecule has 2 aliphatic rings. The largest absolute Gasteiger partial charge is 0.394 e. The Morgan fingerprint density at radius 2 is 2.09 bits per heavy atom. The van der Waals surface area contributed by atoms with Gasteiger partial charge in [-0.15, -0.1) is 0 Å². The van der Waals surface area contributed by atoms with Crippen LogP contribution in [0, 0.1) is 5.41 Å². The highest BCUT2D eigenvalue weighted by atomic mass is 16.3. The van der Waals surface area contributed by atoms with E-state index in [2.05, 4.69) is 0 Å². The molecule has 0 saturated heterocycles. The van der Waals surface area contributed by atoms with E-state index in [4.69, 9.17) is 10.8 Å². The van der Waals surface area contributed by atoms with Crippen LogP contribution in [0.25, 0.3) is 0 Å². The average Bonchev–Trinajstić information content (AvgIpc) is 1.83. The molecule has 3 nitrogen and oxygen atoms in total. The predicted molar refractivity (Wildman–Crippen MR) is 40.9 cm³/mol. The number of rotatable bonds is 1. The van der Waals surface area contributed by atoms with E-state index in [1.165, 1.54) is 0 Å². The zero-order chi connectivity index (χ0) is 8.11. The van der Waals surface area contributed by atoms with Crippen LogP contribution in [0.3, 0.4) is 0 Å². The van der Waals surface area contributed by atoms with Gasteiger partial charge in [0.15, 0.2) is 0 Å². The average molecular weight is 157 g/mol. The van der Waals surface area contributed by atoms with Gasteiger partial charge in [-0.3, -0.25) is 0 Å². The van der Waals surface area contributed by atoms with Gasteiger partial charge >= 0.3 is 0 Å². The fourth-order valence-corrected chi connectivity index (χ4v) is 2.56. The smallest absolute Gasteiger partial charge is 0.0633 e. The van der Waals surface area contributed by atoms with Crippen LogP contribution in [0.15, 0.2) is 0 Å². The second-order valence-corrected chi connectivity index (χ2v) is 4.04. The van der Waals surface area contributed by atoms with Crippen LogP contribution in [0.4, 0.5) is 0 Å². The van der Waals surface area contributed by atoms with Crippen molar-refractivity contribution in [2.75, 3.05) is 6.61 Å². The van der Waals surface area contributed by atoms with Gasteiger partial charge < -0.3 is 15.9 Å². The third kappa shape index (κ3) is 0.643. The quantitative estimate of drug-likeness (QED) is 0.485. The van der Waals surface area contributed by atoms with Crippen molar-refractivity contribution in [2.24, 2.45) is 11.1 Å². The molecule has 0 amide bonds. The fraction of sp³-hybridized carbons (Fsp3) is 1.00. The molecule has 2 unspecified atom stereocenters. The second kappa shape index (κ2) is 1.97. The summed E-state index contributed by atoms with van der Waals surface area (Å²) in [4.78, 5) is 0. The molecule has 2 atom stereocenters. The summed E-state index contributed by atoms with van der Waals surface area (Å²) in [7, 11) is 0. The molecule has 4 N–H and O–H groups in total. The number of hydrogen-bond donors (Lipinski definition) is 3. The van der Waals surface area contributed by atoms with E-state index in [-0.39, 0.29) is 18.1 Å². The van der Waals surface area contributed by atoms with Crippen molar-refractivity contribution >= 4 is 0 Å². The molecule has 0 heterocycles. The lowest BCUT2D eigenvalue weighted by atomic mass is 9.44. The minimum atomic E-state index is -0.468. The van der Waals surface area contributed by atoms with E-state index in [9.17, 15) is 5.11 Å². The Morgan fingerprint density at radius 1 is 1.45 bits per heavy atom. The molecular formula is C8H15NO2. The van der Waals surface area contributed by atoms with E-state index >= 15 is 0 Å². The first-order valence-corrected chi connectivity index (χ1v) is 4.22. The molecule has 0 aromatic carbocycles. The van der Waals surface area contributed by atoms with E-state index in [1.807, 2.05) is 0 Å². The molecule has 2 fully saturated rings. The Hall–Kier alpha value is -0.120. The van der Waals surface area contributed by atoms with Gasteiger partial charge in [0.25, 0.3) is 0 Å². The normalized spacial score (nSPS) is 46.6. The first-order valence-electron chi connectivity index (χ1n) is 4.22. The Kier molecular flexibility index (Phi) is 1.35. The summed E-state index contributed by atoms with van der Waals surface area (Å²) in [5.41, 5.74) is 5.35. The van der Waals surface area contributed by atoms with Gasteiger partial charge in [-0.05, 0) is 19.3 Å². The van der Waals surface area contributed by atoms with Gasteiger partial charge in [-0.1, -0.05) is 6.42 Å². The van der Waals surface area contributed by atoms with E-state index < -0.39 is 5.54 Å². The van der Waals surface area contributed by atoms with E-state index in [0.29, 0.717) is 6.42 Å². The van der Waals surface area contributed by atoms with Crippen molar-refractivity contribution in [3.63, 3.8) is 0 Å². The molecule has 3 heteroatoms. The Balaban J connectivity index is 2.16. The van der Waals surface area contributed by atoms with Crippen molar-refractivity contribution in [3.8, 4) is 0 Å². The Labute approximate surface area is 66.2 Å². The highest BCUT2D eigenvalue weighted by Gasteiger charge is 2.65. The maximum absolute atomic E-state index is 9.49. The fourth-order valence-electron chi connectivity index (χ4n) is 2.56. The molecule has 2 aliphatic carbocycles. The maximum Gasteiger partial charge on any atom is 0.0633 e. The van der Waals surface area contributed by atoms with E-state index in [0.717, 1.165) is 19.3 Å². The summed E-state index contributed by atoms with van der Waals surface area (Å²) >= 11 is 0. The molecule has 0 bridgehead atoms. The van der Waals surface area contributed by atoms with Crippen LogP contribution in [-0.4, -0.2) is 28.5 Å². The molecule has 0 aromatic heterocycles. The van der Waals surface area contributed by atoms with Gasteiger partial charge in [-0.25, -0.2) is 0 Å². The van der Waals surface area contributed by atoms with Crippen molar-refractivity contribution in [1.29, 1.82) is 0 Å². The maximum atomic E-state index is 9.49. The number of hydrogen-bond acceptors (Lipinski definition) is 3. The highest BCUT2D eigenvalue weighted by molar-refractivity contribution is 5.19. The van der Waals surface area contributed by atoms with Gasteiger partial charge in [0, 0.05) is 11.0 Å². The van der Waals surface area contributed by atoms with Crippen LogP contribution in [0.5, 0.6) is 0 Å². The van der Waals surface area contributed by atoms with E-state index in [1.54, 1.807) is 0 Å². The first-order chi connectivity index (χ1) is 5.15. The molecule has 0 aromatic rings. The Bertz CT molecular complexity index is 179. The summed E-state index contributed by atoms with van der Waals surface area (Å²) < 4.78 is 0. The van der Waals surface area contributed by atoms with Crippen molar-refractivity contribution in [3.05, 3.63) is 0 Å². The lowest BCUT2D eigenvalue weighted by molar-refractivity contribution is -0.196. The third-order valence-electron chi connectivity index (χ3n) is 3.71. The van der Waals surface area contributed by atoms with Crippen molar-refractivity contribution < 1.29 is 10.2 Å². The number of aliphatic hydroxyl groups excluding tert-OH is 2. The van der Waals surface area contributed by atoms with Crippen molar-refractivity contribution in [2.45, 2.75) is 37.3 Å². The minimum Gasteiger partial charge on any atom is -0.394 e. The summed E-state index contributed by atoms with van der Waals surface area (Å²) in [5, 5.41) is 18.5. The SMILES string of the molecule is NC1(CO)CC(O)C12CCC2. The lowest BCUT2D eigenvalue weighted by Crippen LogP contribution is -2.75. The predicted octanol–water partition coefficient (Wildman–Crippen LogP) is -0.389. The van der Waals surface area contributed by atoms with Crippen LogP contribution >= 0.6 is 0 Å². The first kappa shape index (κ1) is 7.53. The van der Waals surface area contributed by atoms with Crippen LogP contribution < -0.4 is 5.73 Å². The molecule has 0 aliphatic heterocycles. The summed E-state index contributed by atoms with van der Waals surface area (Å²) in [6.07, 6.45) is 3.45. The van der Waals surface area contributed by atoms with Gasteiger partial charge in [0.2, 0.25) is 0 Å². The molecule has 0 radical (unpaired) electrons. The van der Waals surface area contributed by atoms with Gasteiger partial charge in [0.1, 0.15) is 0 Å². The molecule has 2 rings (SSSR count). The van der Waals surface area contributed by atoms with Crippen LogP contribution in [0.2, 0.25) is 0 Å². The molecule has 1 spiro atoms. The highest BCUT2D eigenvalue weighted by Crippen LogP contribution is 2.60. The summed E-state index contributed by atoms with van der Waals surface area (Å²) in [6, 6.07) is 0. The summed E-state index contributed by atoms with van der Waals surface area (Å²) in [6.45, 7) is 0.0179. The minimum absolute atomic E-state index is 0.0179. The zero-order valence-electron chi connectivity index (χ0n) is 6.58. The Morgan fingerprint density at radius 3 is 2.27 bits per heavy atom. The monoisotopic (exact) mass is 157 g/mol. The molecule has 11 heavy (non-hydrogen) atoms. The van der Waals surface area contributed by atoms with Crippen LogP contribution in [-0.2, 0) is 0 Å².